The Hall–Kier alpha value is -0.530. The van der Waals surface area contributed by atoms with Crippen LogP contribution in [0.3, 0.4) is 0 Å². The van der Waals surface area contributed by atoms with E-state index >= 15 is 0 Å². The van der Waals surface area contributed by atoms with E-state index in [1.54, 1.807) is 0 Å². The van der Waals surface area contributed by atoms with E-state index in [9.17, 15) is 4.79 Å². The van der Waals surface area contributed by atoms with E-state index in [4.69, 9.17) is 4.74 Å². The molecule has 1 unspecified atom stereocenters. The van der Waals surface area contributed by atoms with Crippen LogP contribution in [0.5, 0.6) is 0 Å². The van der Waals surface area contributed by atoms with Crippen LogP contribution in [-0.2, 0) is 9.53 Å². The Balaban J connectivity index is 3.78. The molecular formula is C11H22O2. The van der Waals surface area contributed by atoms with E-state index in [0.29, 0.717) is 12.4 Å². The molecule has 0 amide bonds. The van der Waals surface area contributed by atoms with Crippen molar-refractivity contribution in [2.24, 2.45) is 5.92 Å². The number of ether oxygens (including phenoxy) is 1. The number of carbonyl (C=O) groups excluding carboxylic acids is 1. The van der Waals surface area contributed by atoms with Gasteiger partial charge >= 0.3 is 0 Å². The topological polar surface area (TPSA) is 26.3 Å². The number of hydrogen-bond acceptors (Lipinski definition) is 2. The first-order valence-electron chi connectivity index (χ1n) is 5.16. The fraction of sp³-hybridized carbons (Fsp3) is 0.909. The first-order chi connectivity index (χ1) is 6.04. The van der Waals surface area contributed by atoms with Crippen molar-refractivity contribution < 1.29 is 9.53 Å². The second-order valence-electron chi connectivity index (χ2n) is 4.21. The molecule has 1 atom stereocenters. The molecule has 2 heteroatoms. The fourth-order valence-corrected chi connectivity index (χ4v) is 1.29. The van der Waals surface area contributed by atoms with Crippen LogP contribution >= 0.6 is 0 Å². The van der Waals surface area contributed by atoms with Crippen molar-refractivity contribution >= 4 is 6.47 Å². The monoisotopic (exact) mass is 186 g/mol. The summed E-state index contributed by atoms with van der Waals surface area (Å²) in [5.74, 6) is 0.434. The maximum Gasteiger partial charge on any atom is 0.293 e. The Morgan fingerprint density at radius 2 is 2.00 bits per heavy atom. The van der Waals surface area contributed by atoms with Gasteiger partial charge in [-0.05, 0) is 26.2 Å². The van der Waals surface area contributed by atoms with Gasteiger partial charge in [0, 0.05) is 0 Å². The molecule has 0 saturated heterocycles. The summed E-state index contributed by atoms with van der Waals surface area (Å²) in [4.78, 5) is 10.2. The lowest BCUT2D eigenvalue weighted by atomic mass is 9.88. The zero-order chi connectivity index (χ0) is 10.3. The molecule has 0 aliphatic heterocycles. The second-order valence-corrected chi connectivity index (χ2v) is 4.21. The second kappa shape index (κ2) is 6.01. The van der Waals surface area contributed by atoms with Gasteiger partial charge in [0.15, 0.2) is 0 Å². The largest absolute Gasteiger partial charge is 0.462 e. The average molecular weight is 186 g/mol. The van der Waals surface area contributed by atoms with E-state index in [2.05, 4.69) is 13.8 Å². The van der Waals surface area contributed by atoms with Gasteiger partial charge in [-0.2, -0.15) is 0 Å². The van der Waals surface area contributed by atoms with Crippen molar-refractivity contribution in [1.29, 1.82) is 0 Å². The number of carbonyl (C=O) groups is 1. The van der Waals surface area contributed by atoms with Crippen molar-refractivity contribution in [3.05, 3.63) is 0 Å². The third kappa shape index (κ3) is 4.91. The van der Waals surface area contributed by atoms with Crippen LogP contribution < -0.4 is 0 Å². The fourth-order valence-electron chi connectivity index (χ4n) is 1.29. The number of unbranched alkanes of at least 4 members (excludes halogenated alkanes) is 2. The zero-order valence-corrected chi connectivity index (χ0v) is 9.30. The van der Waals surface area contributed by atoms with E-state index < -0.39 is 0 Å². The summed E-state index contributed by atoms with van der Waals surface area (Å²) in [6.07, 6.45) is 4.86. The Kier molecular flexibility index (Phi) is 5.76. The summed E-state index contributed by atoms with van der Waals surface area (Å²) in [6.45, 7) is 8.82. The lowest BCUT2D eigenvalue weighted by Gasteiger charge is -2.29. The third-order valence-electron chi connectivity index (χ3n) is 2.78. The molecule has 2 nitrogen and oxygen atoms in total. The van der Waals surface area contributed by atoms with Crippen molar-refractivity contribution in [1.82, 2.24) is 0 Å². The summed E-state index contributed by atoms with van der Waals surface area (Å²) < 4.78 is 5.04. The predicted molar refractivity (Wildman–Crippen MR) is 54.5 cm³/mol. The normalized spacial score (nSPS) is 13.8. The molecule has 0 rings (SSSR count). The average Bonchev–Trinajstić information content (AvgIpc) is 2.04. The minimum absolute atomic E-state index is 0.310. The molecule has 0 aromatic carbocycles. The van der Waals surface area contributed by atoms with Crippen LogP contribution in [0, 0.1) is 5.92 Å². The molecule has 0 aromatic rings. The van der Waals surface area contributed by atoms with Crippen LogP contribution in [0.4, 0.5) is 0 Å². The smallest absolute Gasteiger partial charge is 0.293 e. The molecule has 0 saturated carbocycles. The van der Waals surface area contributed by atoms with Crippen molar-refractivity contribution in [3.8, 4) is 0 Å². The van der Waals surface area contributed by atoms with Gasteiger partial charge in [0.25, 0.3) is 6.47 Å². The summed E-state index contributed by atoms with van der Waals surface area (Å²) in [5.41, 5.74) is -0.310. The standard InChI is InChI=1S/C11H22O2/c1-5-6-7-8-10(2)11(3,4)13-9-12/h9-10H,5-8H2,1-4H3. The van der Waals surface area contributed by atoms with Gasteiger partial charge in [-0.25, -0.2) is 0 Å². The number of rotatable bonds is 7. The van der Waals surface area contributed by atoms with Crippen LogP contribution in [-0.4, -0.2) is 12.1 Å². The van der Waals surface area contributed by atoms with Gasteiger partial charge in [0.1, 0.15) is 5.60 Å². The van der Waals surface area contributed by atoms with Gasteiger partial charge in [-0.1, -0.05) is 33.1 Å². The third-order valence-corrected chi connectivity index (χ3v) is 2.78. The first-order valence-corrected chi connectivity index (χ1v) is 5.16. The number of hydrogen-bond donors (Lipinski definition) is 0. The van der Waals surface area contributed by atoms with Gasteiger partial charge in [0.05, 0.1) is 0 Å². The summed E-state index contributed by atoms with van der Waals surface area (Å²) in [6, 6.07) is 0. The molecule has 0 spiro atoms. The van der Waals surface area contributed by atoms with Crippen molar-refractivity contribution in [3.63, 3.8) is 0 Å². The van der Waals surface area contributed by atoms with Gasteiger partial charge in [-0.15, -0.1) is 0 Å². The van der Waals surface area contributed by atoms with E-state index in [0.717, 1.165) is 6.42 Å². The highest BCUT2D eigenvalue weighted by Gasteiger charge is 2.26. The van der Waals surface area contributed by atoms with Crippen LogP contribution in [0.15, 0.2) is 0 Å². The van der Waals surface area contributed by atoms with Crippen LogP contribution in [0.25, 0.3) is 0 Å². The van der Waals surface area contributed by atoms with Gasteiger partial charge in [-0.3, -0.25) is 4.79 Å². The molecule has 0 aliphatic carbocycles. The highest BCUT2D eigenvalue weighted by Crippen LogP contribution is 2.25. The van der Waals surface area contributed by atoms with Crippen molar-refractivity contribution in [2.75, 3.05) is 0 Å². The summed E-state index contributed by atoms with van der Waals surface area (Å²) in [5, 5.41) is 0. The predicted octanol–water partition coefficient (Wildman–Crippen LogP) is 3.15. The van der Waals surface area contributed by atoms with Gasteiger partial charge in [0.2, 0.25) is 0 Å². The SMILES string of the molecule is CCCCCC(C)C(C)(C)OC=O. The summed E-state index contributed by atoms with van der Waals surface area (Å²) >= 11 is 0. The van der Waals surface area contributed by atoms with E-state index in [-0.39, 0.29) is 5.60 Å². The minimum Gasteiger partial charge on any atom is -0.462 e. The molecule has 78 valence electrons. The molecule has 0 fully saturated rings. The maximum absolute atomic E-state index is 10.2. The van der Waals surface area contributed by atoms with E-state index in [1.165, 1.54) is 19.3 Å². The Bertz CT molecular complexity index is 141. The maximum atomic E-state index is 10.2. The molecule has 0 heterocycles. The lowest BCUT2D eigenvalue weighted by molar-refractivity contribution is -0.145. The highest BCUT2D eigenvalue weighted by molar-refractivity contribution is 5.38. The van der Waals surface area contributed by atoms with Gasteiger partial charge < -0.3 is 4.74 Å². The molecule has 0 N–H and O–H groups in total. The Morgan fingerprint density at radius 1 is 1.38 bits per heavy atom. The van der Waals surface area contributed by atoms with Crippen LogP contribution in [0.2, 0.25) is 0 Å². The first kappa shape index (κ1) is 12.5. The van der Waals surface area contributed by atoms with Crippen molar-refractivity contribution in [2.45, 2.75) is 59.0 Å². The highest BCUT2D eigenvalue weighted by atomic mass is 16.5. The molecular weight excluding hydrogens is 164 g/mol. The lowest BCUT2D eigenvalue weighted by Crippen LogP contribution is -2.32. The molecule has 0 aromatic heterocycles. The van der Waals surface area contributed by atoms with Crippen LogP contribution in [0.1, 0.15) is 53.4 Å². The van der Waals surface area contributed by atoms with E-state index in [1.807, 2.05) is 13.8 Å². The quantitative estimate of drug-likeness (QED) is 0.451. The molecule has 0 aliphatic rings. The Morgan fingerprint density at radius 3 is 2.46 bits per heavy atom. The zero-order valence-electron chi connectivity index (χ0n) is 9.30. The molecule has 13 heavy (non-hydrogen) atoms. The summed E-state index contributed by atoms with van der Waals surface area (Å²) in [7, 11) is 0. The molecule has 0 bridgehead atoms. The molecule has 0 radical (unpaired) electrons. The Labute approximate surface area is 81.7 Å². The minimum atomic E-state index is -0.310.